The second-order valence-corrected chi connectivity index (χ2v) is 6.16. The summed E-state index contributed by atoms with van der Waals surface area (Å²) in [5.41, 5.74) is 0.658. The molecule has 3 N–H and O–H groups in total. The molecule has 7 nitrogen and oxygen atoms in total. The third kappa shape index (κ3) is 8.59. The SMILES string of the molecule is CN=C(NCCOc1ncccc1C(F)(F)F)NCCc1cccc(C(=O)NC)c1.I. The van der Waals surface area contributed by atoms with Gasteiger partial charge in [0, 0.05) is 32.4 Å². The summed E-state index contributed by atoms with van der Waals surface area (Å²) < 4.78 is 43.9. The van der Waals surface area contributed by atoms with Gasteiger partial charge in [-0.3, -0.25) is 9.79 Å². The number of benzene rings is 1. The number of hydrogen-bond acceptors (Lipinski definition) is 4. The van der Waals surface area contributed by atoms with Gasteiger partial charge < -0.3 is 20.7 Å². The number of amides is 1. The lowest BCUT2D eigenvalue weighted by molar-refractivity contribution is -0.139. The molecule has 0 atom stereocenters. The third-order valence-corrected chi connectivity index (χ3v) is 4.06. The number of guanidine groups is 1. The van der Waals surface area contributed by atoms with Gasteiger partial charge in [-0.15, -0.1) is 24.0 Å². The molecule has 0 radical (unpaired) electrons. The number of hydrogen-bond donors (Lipinski definition) is 3. The van der Waals surface area contributed by atoms with Gasteiger partial charge >= 0.3 is 6.18 Å². The summed E-state index contributed by atoms with van der Waals surface area (Å²) >= 11 is 0. The molecule has 1 amide bonds. The lowest BCUT2D eigenvalue weighted by Gasteiger charge is -2.14. The van der Waals surface area contributed by atoms with Crippen LogP contribution in [0.15, 0.2) is 47.6 Å². The molecule has 1 aromatic heterocycles. The monoisotopic (exact) mass is 551 g/mol. The topological polar surface area (TPSA) is 87.6 Å². The molecule has 0 spiro atoms. The molecule has 1 heterocycles. The van der Waals surface area contributed by atoms with Crippen LogP contribution < -0.4 is 20.7 Å². The zero-order valence-corrected chi connectivity index (χ0v) is 19.5. The van der Waals surface area contributed by atoms with Crippen LogP contribution in [0.4, 0.5) is 13.2 Å². The standard InChI is InChI=1S/C20H24F3N5O2.HI/c1-24-17(29)15-6-3-5-14(13-15)8-10-27-19(25-2)28-11-12-30-18-16(20(21,22)23)7-4-9-26-18;/h3-7,9,13H,8,10-12H2,1-2H3,(H,24,29)(H2,25,27,28);1H. The Morgan fingerprint density at radius 2 is 1.90 bits per heavy atom. The number of pyridine rings is 1. The molecule has 31 heavy (non-hydrogen) atoms. The predicted octanol–water partition coefficient (Wildman–Crippen LogP) is 2.86. The number of carbonyl (C=O) groups excluding carboxylic acids is 1. The Kier molecular flexibility index (Phi) is 11.1. The fourth-order valence-corrected chi connectivity index (χ4v) is 2.60. The van der Waals surface area contributed by atoms with Crippen LogP contribution in [0.25, 0.3) is 0 Å². The number of rotatable bonds is 8. The highest BCUT2D eigenvalue weighted by molar-refractivity contribution is 14.0. The highest BCUT2D eigenvalue weighted by Gasteiger charge is 2.34. The van der Waals surface area contributed by atoms with Crippen LogP contribution in [0.2, 0.25) is 0 Å². The fraction of sp³-hybridized carbons (Fsp3) is 0.350. The molecular formula is C20H25F3IN5O2. The number of aromatic nitrogens is 1. The smallest absolute Gasteiger partial charge is 0.421 e. The summed E-state index contributed by atoms with van der Waals surface area (Å²) in [6.45, 7) is 0.769. The van der Waals surface area contributed by atoms with Crippen molar-refractivity contribution >= 4 is 35.8 Å². The second-order valence-electron chi connectivity index (χ2n) is 6.16. The van der Waals surface area contributed by atoms with E-state index in [0.717, 1.165) is 11.6 Å². The van der Waals surface area contributed by atoms with E-state index < -0.39 is 17.6 Å². The van der Waals surface area contributed by atoms with Gasteiger partial charge in [0.1, 0.15) is 12.2 Å². The van der Waals surface area contributed by atoms with Gasteiger partial charge in [-0.1, -0.05) is 12.1 Å². The maximum Gasteiger partial charge on any atom is 0.421 e. The van der Waals surface area contributed by atoms with Gasteiger partial charge in [0.2, 0.25) is 5.88 Å². The second kappa shape index (κ2) is 13.0. The lowest BCUT2D eigenvalue weighted by Crippen LogP contribution is -2.40. The highest BCUT2D eigenvalue weighted by Crippen LogP contribution is 2.34. The molecule has 0 saturated heterocycles. The Hall–Kier alpha value is -2.57. The summed E-state index contributed by atoms with van der Waals surface area (Å²) in [6, 6.07) is 9.43. The minimum atomic E-state index is -4.52. The number of nitrogens with zero attached hydrogens (tertiary/aromatic N) is 2. The lowest BCUT2D eigenvalue weighted by atomic mass is 10.1. The van der Waals surface area contributed by atoms with Crippen molar-refractivity contribution < 1.29 is 22.7 Å². The van der Waals surface area contributed by atoms with Crippen molar-refractivity contribution in [2.24, 2.45) is 4.99 Å². The first-order valence-corrected chi connectivity index (χ1v) is 9.25. The zero-order valence-electron chi connectivity index (χ0n) is 17.1. The van der Waals surface area contributed by atoms with Gasteiger partial charge in [0.25, 0.3) is 5.91 Å². The first-order chi connectivity index (χ1) is 14.3. The number of halogens is 4. The van der Waals surface area contributed by atoms with Gasteiger partial charge in [-0.05, 0) is 36.2 Å². The first kappa shape index (κ1) is 26.5. The molecule has 0 aliphatic rings. The average Bonchev–Trinajstić information content (AvgIpc) is 2.74. The van der Waals surface area contributed by atoms with Crippen molar-refractivity contribution in [3.8, 4) is 5.88 Å². The maximum atomic E-state index is 12.9. The predicted molar refractivity (Wildman–Crippen MR) is 123 cm³/mol. The summed E-state index contributed by atoms with van der Waals surface area (Å²) in [5, 5.41) is 8.65. The quantitative estimate of drug-likeness (QED) is 0.203. The molecule has 2 rings (SSSR count). The van der Waals surface area contributed by atoms with E-state index in [1.807, 2.05) is 18.2 Å². The van der Waals surface area contributed by atoms with Crippen LogP contribution in [0.5, 0.6) is 5.88 Å². The Morgan fingerprint density at radius 1 is 1.16 bits per heavy atom. The fourth-order valence-electron chi connectivity index (χ4n) is 2.60. The molecule has 2 aromatic rings. The van der Waals surface area contributed by atoms with Crippen LogP contribution >= 0.6 is 24.0 Å². The van der Waals surface area contributed by atoms with E-state index in [-0.39, 0.29) is 43.0 Å². The summed E-state index contributed by atoms with van der Waals surface area (Å²) in [6.07, 6.45) is -2.62. The Labute approximate surface area is 195 Å². The number of carbonyl (C=O) groups is 1. The Morgan fingerprint density at radius 3 is 2.58 bits per heavy atom. The summed E-state index contributed by atoms with van der Waals surface area (Å²) in [7, 11) is 3.16. The van der Waals surface area contributed by atoms with Crippen LogP contribution in [0.1, 0.15) is 21.5 Å². The Balaban J connectivity index is 0.00000480. The number of alkyl halides is 3. The van der Waals surface area contributed by atoms with E-state index in [9.17, 15) is 18.0 Å². The molecule has 170 valence electrons. The molecule has 0 fully saturated rings. The largest absolute Gasteiger partial charge is 0.475 e. The third-order valence-electron chi connectivity index (χ3n) is 4.06. The van der Waals surface area contributed by atoms with Gasteiger partial charge in [0.05, 0.1) is 6.54 Å². The van der Waals surface area contributed by atoms with Crippen molar-refractivity contribution in [3.05, 3.63) is 59.3 Å². The van der Waals surface area contributed by atoms with Crippen molar-refractivity contribution in [2.75, 3.05) is 33.8 Å². The average molecular weight is 551 g/mol. The molecule has 0 saturated carbocycles. The van der Waals surface area contributed by atoms with Gasteiger partial charge in [-0.25, -0.2) is 4.98 Å². The van der Waals surface area contributed by atoms with Crippen LogP contribution in [0.3, 0.4) is 0 Å². The van der Waals surface area contributed by atoms with E-state index in [4.69, 9.17) is 4.74 Å². The molecular weight excluding hydrogens is 526 g/mol. The number of ether oxygens (including phenoxy) is 1. The maximum absolute atomic E-state index is 12.9. The van der Waals surface area contributed by atoms with Gasteiger partial charge in [0.15, 0.2) is 5.96 Å². The molecule has 0 bridgehead atoms. The molecule has 0 unspecified atom stereocenters. The van der Waals surface area contributed by atoms with E-state index in [1.54, 1.807) is 20.2 Å². The minimum Gasteiger partial charge on any atom is -0.475 e. The first-order valence-electron chi connectivity index (χ1n) is 9.25. The summed E-state index contributed by atoms with van der Waals surface area (Å²) in [4.78, 5) is 19.4. The van der Waals surface area contributed by atoms with Crippen molar-refractivity contribution in [3.63, 3.8) is 0 Å². The van der Waals surface area contributed by atoms with E-state index in [2.05, 4.69) is 25.9 Å². The molecule has 0 aliphatic heterocycles. The summed E-state index contributed by atoms with van der Waals surface area (Å²) in [5.74, 6) is -0.118. The molecule has 11 heteroatoms. The Bertz CT molecular complexity index is 878. The molecule has 1 aromatic carbocycles. The van der Waals surface area contributed by atoms with Crippen LogP contribution in [-0.2, 0) is 12.6 Å². The van der Waals surface area contributed by atoms with Crippen molar-refractivity contribution in [2.45, 2.75) is 12.6 Å². The van der Waals surface area contributed by atoms with E-state index >= 15 is 0 Å². The number of nitrogens with one attached hydrogen (secondary N) is 3. The van der Waals surface area contributed by atoms with E-state index in [0.29, 0.717) is 24.5 Å². The van der Waals surface area contributed by atoms with Crippen molar-refractivity contribution in [1.82, 2.24) is 20.9 Å². The van der Waals surface area contributed by atoms with Crippen molar-refractivity contribution in [1.29, 1.82) is 0 Å². The van der Waals surface area contributed by atoms with Crippen LogP contribution in [0, 0.1) is 0 Å². The van der Waals surface area contributed by atoms with Crippen LogP contribution in [-0.4, -0.2) is 50.6 Å². The normalized spacial score (nSPS) is 11.3. The van der Waals surface area contributed by atoms with E-state index in [1.165, 1.54) is 12.3 Å². The molecule has 0 aliphatic carbocycles. The minimum absolute atomic E-state index is 0. The zero-order chi connectivity index (χ0) is 22.0. The highest BCUT2D eigenvalue weighted by atomic mass is 127. The number of aliphatic imine (C=N–C) groups is 1. The van der Waals surface area contributed by atoms with Gasteiger partial charge in [-0.2, -0.15) is 13.2 Å².